The fourth-order valence-electron chi connectivity index (χ4n) is 1.57. The first-order valence-electron chi connectivity index (χ1n) is 5.02. The van der Waals surface area contributed by atoms with E-state index in [-0.39, 0.29) is 23.4 Å². The Labute approximate surface area is 102 Å². The molecular formula is C10H12N4O4. The number of hydrogen-bond acceptors (Lipinski definition) is 7. The van der Waals surface area contributed by atoms with E-state index in [1.54, 1.807) is 6.07 Å². The molecule has 4 N–H and O–H groups in total. The molecular weight excluding hydrogens is 240 g/mol. The van der Waals surface area contributed by atoms with E-state index >= 15 is 0 Å². The van der Waals surface area contributed by atoms with Crippen LogP contribution in [0.1, 0.15) is 23.7 Å². The van der Waals surface area contributed by atoms with Crippen LogP contribution in [-0.2, 0) is 0 Å². The fourth-order valence-corrected chi connectivity index (χ4v) is 1.57. The zero-order chi connectivity index (χ0) is 13.9. The number of aliphatic hydroxyl groups excluding tert-OH is 2. The van der Waals surface area contributed by atoms with Crippen LogP contribution in [0, 0.1) is 28.4 Å². The Morgan fingerprint density at radius 1 is 1.67 bits per heavy atom. The average molecular weight is 252 g/mol. The number of nitrogens with two attached hydrogens (primary N) is 1. The minimum absolute atomic E-state index is 0.0821. The zero-order valence-electron chi connectivity index (χ0n) is 9.57. The molecule has 1 aromatic heterocycles. The number of anilines is 1. The quantitative estimate of drug-likeness (QED) is 0.511. The fraction of sp³-hybridized carbons (Fsp3) is 0.400. The second kappa shape index (κ2) is 5.39. The van der Waals surface area contributed by atoms with Gasteiger partial charge in [-0.25, -0.2) is 4.98 Å². The molecule has 0 amide bonds. The van der Waals surface area contributed by atoms with Gasteiger partial charge in [0.25, 0.3) is 0 Å². The lowest BCUT2D eigenvalue weighted by molar-refractivity contribution is -0.384. The normalized spacial score (nSPS) is 13.7. The lowest BCUT2D eigenvalue weighted by atomic mass is 9.99. The van der Waals surface area contributed by atoms with Crippen LogP contribution in [0.15, 0.2) is 6.20 Å². The molecule has 0 aromatic carbocycles. The number of pyridine rings is 1. The topological polar surface area (TPSA) is 146 Å². The van der Waals surface area contributed by atoms with Gasteiger partial charge in [0.2, 0.25) is 5.82 Å². The maximum Gasteiger partial charge on any atom is 0.314 e. The highest BCUT2D eigenvalue weighted by atomic mass is 16.6. The van der Waals surface area contributed by atoms with Crippen LogP contribution >= 0.6 is 0 Å². The second-order valence-electron chi connectivity index (χ2n) is 3.70. The summed E-state index contributed by atoms with van der Waals surface area (Å²) in [5.41, 5.74) is 5.17. The Hall–Kier alpha value is -2.24. The van der Waals surface area contributed by atoms with Gasteiger partial charge in [-0.1, -0.05) is 0 Å². The van der Waals surface area contributed by atoms with Crippen molar-refractivity contribution in [2.45, 2.75) is 25.6 Å². The Bertz CT molecular complexity index is 511. The molecule has 1 aromatic rings. The van der Waals surface area contributed by atoms with Gasteiger partial charge in [0, 0.05) is 17.3 Å². The van der Waals surface area contributed by atoms with Crippen molar-refractivity contribution in [1.29, 1.82) is 5.26 Å². The van der Waals surface area contributed by atoms with Gasteiger partial charge in [0.15, 0.2) is 0 Å². The Balaban J connectivity index is 3.23. The average Bonchev–Trinajstić information content (AvgIpc) is 2.28. The van der Waals surface area contributed by atoms with Crippen molar-refractivity contribution in [3.05, 3.63) is 27.4 Å². The molecule has 2 unspecified atom stereocenters. The van der Waals surface area contributed by atoms with Gasteiger partial charge in [-0.05, 0) is 6.92 Å². The van der Waals surface area contributed by atoms with E-state index in [1.807, 2.05) is 0 Å². The van der Waals surface area contributed by atoms with Crippen molar-refractivity contribution in [1.82, 2.24) is 4.98 Å². The molecule has 1 rings (SSSR count). The van der Waals surface area contributed by atoms with E-state index in [4.69, 9.17) is 11.0 Å². The minimum atomic E-state index is -1.42. The SMILES string of the molecule is Cc1c(C(O)C(O)CC#N)cnc(N)c1[N+](=O)[O-]. The summed E-state index contributed by atoms with van der Waals surface area (Å²) in [6.07, 6.45) is -1.89. The highest BCUT2D eigenvalue weighted by Crippen LogP contribution is 2.31. The summed E-state index contributed by atoms with van der Waals surface area (Å²) in [4.78, 5) is 13.7. The molecule has 0 aliphatic rings. The van der Waals surface area contributed by atoms with E-state index in [0.29, 0.717) is 0 Å². The van der Waals surface area contributed by atoms with Crippen molar-refractivity contribution in [2.75, 3.05) is 5.73 Å². The molecule has 0 aliphatic carbocycles. The van der Waals surface area contributed by atoms with Crippen LogP contribution in [0.3, 0.4) is 0 Å². The summed E-state index contributed by atoms with van der Waals surface area (Å²) < 4.78 is 0. The van der Waals surface area contributed by atoms with Crippen LogP contribution in [-0.4, -0.2) is 26.2 Å². The van der Waals surface area contributed by atoms with Crippen LogP contribution in [0.2, 0.25) is 0 Å². The van der Waals surface area contributed by atoms with Crippen LogP contribution in [0.25, 0.3) is 0 Å². The molecule has 0 bridgehead atoms. The first-order chi connectivity index (χ1) is 8.40. The number of hydrogen-bond donors (Lipinski definition) is 3. The number of rotatable bonds is 4. The number of nitrogens with zero attached hydrogens (tertiary/aromatic N) is 3. The highest BCUT2D eigenvalue weighted by Gasteiger charge is 2.26. The lowest BCUT2D eigenvalue weighted by Gasteiger charge is -2.17. The molecule has 2 atom stereocenters. The third-order valence-electron chi connectivity index (χ3n) is 2.54. The van der Waals surface area contributed by atoms with Crippen molar-refractivity contribution in [2.24, 2.45) is 0 Å². The molecule has 96 valence electrons. The monoisotopic (exact) mass is 252 g/mol. The van der Waals surface area contributed by atoms with Gasteiger partial charge in [0.05, 0.1) is 23.5 Å². The molecule has 0 saturated heterocycles. The highest BCUT2D eigenvalue weighted by molar-refractivity contribution is 5.59. The number of nitrogen functional groups attached to an aromatic ring is 1. The van der Waals surface area contributed by atoms with Crippen LogP contribution < -0.4 is 5.73 Å². The van der Waals surface area contributed by atoms with Gasteiger partial charge >= 0.3 is 5.69 Å². The predicted molar refractivity (Wildman–Crippen MR) is 61.2 cm³/mol. The van der Waals surface area contributed by atoms with Gasteiger partial charge in [0.1, 0.15) is 6.10 Å². The summed E-state index contributed by atoms with van der Waals surface area (Å²) >= 11 is 0. The molecule has 18 heavy (non-hydrogen) atoms. The Morgan fingerprint density at radius 3 is 2.78 bits per heavy atom. The zero-order valence-corrected chi connectivity index (χ0v) is 9.57. The van der Waals surface area contributed by atoms with Gasteiger partial charge in [-0.2, -0.15) is 5.26 Å². The number of nitriles is 1. The maximum absolute atomic E-state index is 10.8. The summed E-state index contributed by atoms with van der Waals surface area (Å²) in [6.45, 7) is 1.40. The number of aromatic nitrogens is 1. The van der Waals surface area contributed by atoms with Crippen LogP contribution in [0.5, 0.6) is 0 Å². The van der Waals surface area contributed by atoms with E-state index in [0.717, 1.165) is 6.20 Å². The summed E-state index contributed by atoms with van der Waals surface area (Å²) in [6, 6.07) is 1.70. The number of nitro groups is 1. The van der Waals surface area contributed by atoms with Gasteiger partial charge in [-0.15, -0.1) is 0 Å². The van der Waals surface area contributed by atoms with Crippen molar-refractivity contribution < 1.29 is 15.1 Å². The largest absolute Gasteiger partial charge is 0.389 e. The first kappa shape index (κ1) is 13.8. The molecule has 1 heterocycles. The van der Waals surface area contributed by atoms with E-state index < -0.39 is 22.8 Å². The maximum atomic E-state index is 10.8. The first-order valence-corrected chi connectivity index (χ1v) is 5.02. The molecule has 0 saturated carbocycles. The molecule has 0 aliphatic heterocycles. The Morgan fingerprint density at radius 2 is 2.28 bits per heavy atom. The van der Waals surface area contributed by atoms with E-state index in [1.165, 1.54) is 6.92 Å². The smallest absolute Gasteiger partial charge is 0.314 e. The predicted octanol–water partition coefficient (Wildman–Crippen LogP) is 0.188. The lowest BCUT2D eigenvalue weighted by Crippen LogP contribution is -2.19. The minimum Gasteiger partial charge on any atom is -0.389 e. The third-order valence-corrected chi connectivity index (χ3v) is 2.54. The summed E-state index contributed by atoms with van der Waals surface area (Å²) in [5, 5.41) is 38.5. The third kappa shape index (κ3) is 2.53. The summed E-state index contributed by atoms with van der Waals surface area (Å²) in [7, 11) is 0. The van der Waals surface area contributed by atoms with Crippen molar-refractivity contribution in [3.63, 3.8) is 0 Å². The van der Waals surface area contributed by atoms with Gasteiger partial charge in [-0.3, -0.25) is 10.1 Å². The molecule has 8 heteroatoms. The molecule has 0 radical (unpaired) electrons. The molecule has 8 nitrogen and oxygen atoms in total. The standard InChI is InChI=1S/C10H12N4O4/c1-5-6(9(16)7(15)2-3-11)4-13-10(12)8(5)14(17)18/h4,7,9,15-16H,2H2,1H3,(H2,12,13). The molecule has 0 fully saturated rings. The van der Waals surface area contributed by atoms with Crippen molar-refractivity contribution in [3.8, 4) is 6.07 Å². The Kier molecular flexibility index (Phi) is 4.14. The number of aliphatic hydroxyl groups is 2. The van der Waals surface area contributed by atoms with Gasteiger partial charge < -0.3 is 15.9 Å². The van der Waals surface area contributed by atoms with Crippen LogP contribution in [0.4, 0.5) is 11.5 Å². The van der Waals surface area contributed by atoms with Crippen molar-refractivity contribution >= 4 is 11.5 Å². The summed E-state index contributed by atoms with van der Waals surface area (Å²) in [5.74, 6) is -0.261. The second-order valence-corrected chi connectivity index (χ2v) is 3.70. The van der Waals surface area contributed by atoms with E-state index in [9.17, 15) is 20.3 Å². The molecule has 0 spiro atoms. The van der Waals surface area contributed by atoms with E-state index in [2.05, 4.69) is 4.98 Å².